The zero-order valence-electron chi connectivity index (χ0n) is 8.97. The molecule has 0 N–H and O–H groups in total. The molecular formula is C12H12BrN3. The van der Waals surface area contributed by atoms with Crippen molar-refractivity contribution in [2.24, 2.45) is 7.05 Å². The van der Waals surface area contributed by atoms with Crippen molar-refractivity contribution in [1.29, 1.82) is 0 Å². The van der Waals surface area contributed by atoms with Gasteiger partial charge in [0.05, 0.1) is 0 Å². The summed E-state index contributed by atoms with van der Waals surface area (Å²) in [6.07, 6.45) is 2.95. The van der Waals surface area contributed by atoms with Crippen LogP contribution in [-0.4, -0.2) is 14.8 Å². The lowest BCUT2D eigenvalue weighted by atomic mass is 10.1. The molecule has 0 radical (unpaired) electrons. The van der Waals surface area contributed by atoms with Gasteiger partial charge < -0.3 is 4.57 Å². The van der Waals surface area contributed by atoms with Gasteiger partial charge in [0.2, 0.25) is 0 Å². The highest BCUT2D eigenvalue weighted by Gasteiger charge is 2.42. The second-order valence-electron chi connectivity index (χ2n) is 4.30. The van der Waals surface area contributed by atoms with Crippen LogP contribution in [0.25, 0.3) is 0 Å². The van der Waals surface area contributed by atoms with Crippen molar-refractivity contribution in [2.45, 2.75) is 18.3 Å². The fraction of sp³-hybridized carbons (Fsp3) is 0.333. The molecule has 0 spiro atoms. The Balaban J connectivity index is 1.84. The average Bonchev–Trinajstić information content (AvgIpc) is 2.95. The summed E-state index contributed by atoms with van der Waals surface area (Å²) in [6.45, 7) is 0. The first-order chi connectivity index (χ1) is 7.75. The Morgan fingerprint density at radius 3 is 2.94 bits per heavy atom. The molecule has 1 aliphatic carbocycles. The topological polar surface area (TPSA) is 30.7 Å². The SMILES string of the molecule is Cn1cnnc1C1CC1c1cccc(Br)c1. The molecule has 1 aromatic heterocycles. The highest BCUT2D eigenvalue weighted by Crippen LogP contribution is 2.53. The summed E-state index contributed by atoms with van der Waals surface area (Å²) < 4.78 is 3.16. The van der Waals surface area contributed by atoms with E-state index in [1.165, 1.54) is 12.0 Å². The maximum absolute atomic E-state index is 4.18. The van der Waals surface area contributed by atoms with Gasteiger partial charge in [-0.1, -0.05) is 28.1 Å². The summed E-state index contributed by atoms with van der Waals surface area (Å²) in [7, 11) is 2.01. The summed E-state index contributed by atoms with van der Waals surface area (Å²) in [6, 6.07) is 8.53. The number of aryl methyl sites for hydroxylation is 1. The van der Waals surface area contributed by atoms with Crippen molar-refractivity contribution in [1.82, 2.24) is 14.8 Å². The van der Waals surface area contributed by atoms with E-state index < -0.39 is 0 Å². The van der Waals surface area contributed by atoms with Crippen molar-refractivity contribution in [3.8, 4) is 0 Å². The zero-order valence-corrected chi connectivity index (χ0v) is 10.6. The van der Waals surface area contributed by atoms with Gasteiger partial charge in [-0.2, -0.15) is 0 Å². The van der Waals surface area contributed by atoms with E-state index in [-0.39, 0.29) is 0 Å². The first-order valence-electron chi connectivity index (χ1n) is 5.35. The zero-order chi connectivity index (χ0) is 11.1. The molecular weight excluding hydrogens is 266 g/mol. The predicted octanol–water partition coefficient (Wildman–Crippen LogP) is 2.85. The molecule has 2 unspecified atom stereocenters. The summed E-state index contributed by atoms with van der Waals surface area (Å²) in [5.74, 6) is 2.26. The van der Waals surface area contributed by atoms with Crippen LogP contribution in [0.15, 0.2) is 35.1 Å². The molecule has 16 heavy (non-hydrogen) atoms. The molecule has 1 aliphatic rings. The Hall–Kier alpha value is -1.16. The van der Waals surface area contributed by atoms with E-state index in [1.54, 1.807) is 6.33 Å². The average molecular weight is 278 g/mol. The van der Waals surface area contributed by atoms with Crippen LogP contribution in [0.4, 0.5) is 0 Å². The van der Waals surface area contributed by atoms with Gasteiger partial charge in [-0.15, -0.1) is 10.2 Å². The molecule has 4 heteroatoms. The third kappa shape index (κ3) is 1.67. The highest BCUT2D eigenvalue weighted by molar-refractivity contribution is 9.10. The second-order valence-corrected chi connectivity index (χ2v) is 5.22. The van der Waals surface area contributed by atoms with Gasteiger partial charge in [-0.3, -0.25) is 0 Å². The number of benzene rings is 1. The molecule has 0 aliphatic heterocycles. The van der Waals surface area contributed by atoms with Crippen LogP contribution in [-0.2, 0) is 7.05 Å². The van der Waals surface area contributed by atoms with Gasteiger partial charge in [0, 0.05) is 17.4 Å². The quantitative estimate of drug-likeness (QED) is 0.845. The van der Waals surface area contributed by atoms with Crippen LogP contribution in [0, 0.1) is 0 Å². The van der Waals surface area contributed by atoms with E-state index in [0.29, 0.717) is 11.8 Å². The van der Waals surface area contributed by atoms with E-state index in [1.807, 2.05) is 11.6 Å². The Morgan fingerprint density at radius 2 is 2.25 bits per heavy atom. The first-order valence-corrected chi connectivity index (χ1v) is 6.14. The number of hydrogen-bond acceptors (Lipinski definition) is 2. The minimum Gasteiger partial charge on any atom is -0.320 e. The summed E-state index contributed by atoms with van der Waals surface area (Å²) in [5.41, 5.74) is 1.39. The molecule has 3 nitrogen and oxygen atoms in total. The van der Waals surface area contributed by atoms with Crippen molar-refractivity contribution < 1.29 is 0 Å². The number of nitrogens with zero attached hydrogens (tertiary/aromatic N) is 3. The lowest BCUT2D eigenvalue weighted by molar-refractivity contribution is 0.785. The third-order valence-electron chi connectivity index (χ3n) is 3.15. The Kier molecular flexibility index (Phi) is 2.32. The lowest BCUT2D eigenvalue weighted by Crippen LogP contribution is -1.95. The maximum Gasteiger partial charge on any atom is 0.136 e. The third-order valence-corrected chi connectivity index (χ3v) is 3.64. The van der Waals surface area contributed by atoms with Gasteiger partial charge in [0.15, 0.2) is 0 Å². The molecule has 0 bridgehead atoms. The highest BCUT2D eigenvalue weighted by atomic mass is 79.9. The molecule has 2 aromatic rings. The maximum atomic E-state index is 4.18. The molecule has 1 heterocycles. The van der Waals surface area contributed by atoms with Crippen molar-refractivity contribution in [3.05, 3.63) is 46.5 Å². The van der Waals surface area contributed by atoms with Crippen LogP contribution < -0.4 is 0 Å². The molecule has 1 aromatic carbocycles. The predicted molar refractivity (Wildman–Crippen MR) is 65.2 cm³/mol. The summed E-state index contributed by atoms with van der Waals surface area (Å²) >= 11 is 3.51. The molecule has 0 amide bonds. The summed E-state index contributed by atoms with van der Waals surface area (Å²) in [4.78, 5) is 0. The van der Waals surface area contributed by atoms with E-state index in [2.05, 4.69) is 50.4 Å². The van der Waals surface area contributed by atoms with Gasteiger partial charge in [-0.05, 0) is 30.0 Å². The van der Waals surface area contributed by atoms with Gasteiger partial charge >= 0.3 is 0 Å². The van der Waals surface area contributed by atoms with Crippen LogP contribution in [0.1, 0.15) is 29.6 Å². The van der Waals surface area contributed by atoms with E-state index in [4.69, 9.17) is 0 Å². The smallest absolute Gasteiger partial charge is 0.136 e. The fourth-order valence-corrected chi connectivity index (χ4v) is 2.63. The standard InChI is InChI=1S/C12H12BrN3/c1-16-7-14-15-12(16)11-6-10(11)8-3-2-4-9(13)5-8/h2-5,7,10-11H,6H2,1H3. The molecule has 2 atom stereocenters. The first kappa shape index (κ1) is 10.0. The number of halogens is 1. The molecule has 82 valence electrons. The van der Waals surface area contributed by atoms with E-state index in [0.717, 1.165) is 10.3 Å². The molecule has 1 saturated carbocycles. The van der Waals surface area contributed by atoms with Gasteiger partial charge in [0.1, 0.15) is 12.2 Å². The monoisotopic (exact) mass is 277 g/mol. The van der Waals surface area contributed by atoms with Gasteiger partial charge in [0.25, 0.3) is 0 Å². The van der Waals surface area contributed by atoms with Gasteiger partial charge in [-0.25, -0.2) is 0 Å². The van der Waals surface area contributed by atoms with Crippen LogP contribution in [0.3, 0.4) is 0 Å². The second kappa shape index (κ2) is 3.70. The van der Waals surface area contributed by atoms with E-state index in [9.17, 15) is 0 Å². The minimum absolute atomic E-state index is 0.543. The Morgan fingerprint density at radius 1 is 1.38 bits per heavy atom. The largest absolute Gasteiger partial charge is 0.320 e. The lowest BCUT2D eigenvalue weighted by Gasteiger charge is -2.01. The summed E-state index contributed by atoms with van der Waals surface area (Å²) in [5, 5.41) is 8.11. The number of aromatic nitrogens is 3. The Labute approximate surface area is 103 Å². The normalized spacial score (nSPS) is 23.4. The van der Waals surface area contributed by atoms with Crippen molar-refractivity contribution in [3.63, 3.8) is 0 Å². The molecule has 1 fully saturated rings. The minimum atomic E-state index is 0.543. The fourth-order valence-electron chi connectivity index (χ4n) is 2.21. The van der Waals surface area contributed by atoms with E-state index >= 15 is 0 Å². The number of rotatable bonds is 2. The van der Waals surface area contributed by atoms with Crippen LogP contribution in [0.5, 0.6) is 0 Å². The number of hydrogen-bond donors (Lipinski definition) is 0. The molecule has 3 rings (SSSR count). The van der Waals surface area contributed by atoms with Crippen LogP contribution >= 0.6 is 15.9 Å². The molecule has 0 saturated heterocycles. The van der Waals surface area contributed by atoms with Crippen molar-refractivity contribution >= 4 is 15.9 Å². The Bertz CT molecular complexity index is 520. The van der Waals surface area contributed by atoms with Crippen LogP contribution in [0.2, 0.25) is 0 Å². The van der Waals surface area contributed by atoms with Crippen molar-refractivity contribution in [2.75, 3.05) is 0 Å².